The summed E-state index contributed by atoms with van der Waals surface area (Å²) in [6.07, 6.45) is 0. The van der Waals surface area contributed by atoms with E-state index in [0.29, 0.717) is 12.6 Å². The van der Waals surface area contributed by atoms with Crippen molar-refractivity contribution in [1.29, 1.82) is 0 Å². The molecule has 0 aromatic rings. The Balaban J connectivity index is 4.09. The minimum atomic E-state index is -0.189. The van der Waals surface area contributed by atoms with E-state index in [1.165, 1.54) is 0 Å². The van der Waals surface area contributed by atoms with Gasteiger partial charge in [0.1, 0.15) is 0 Å². The molecule has 0 aromatic heterocycles. The van der Waals surface area contributed by atoms with Crippen LogP contribution in [0.15, 0.2) is 0 Å². The molecule has 0 bridgehead atoms. The van der Waals surface area contributed by atoms with Crippen molar-refractivity contribution < 1.29 is 9.84 Å². The van der Waals surface area contributed by atoms with Crippen LogP contribution in [0.3, 0.4) is 0 Å². The highest BCUT2D eigenvalue weighted by Gasteiger charge is 2.30. The first-order chi connectivity index (χ1) is 5.95. The van der Waals surface area contributed by atoms with Crippen molar-refractivity contribution in [1.82, 2.24) is 5.32 Å². The molecule has 0 saturated heterocycles. The molecule has 0 aromatic carbocycles. The number of ether oxygens (including phenoxy) is 1. The highest BCUT2D eigenvalue weighted by Crippen LogP contribution is 2.27. The number of hydrogen-bond donors (Lipinski definition) is 2. The zero-order valence-electron chi connectivity index (χ0n) is 9.42. The monoisotopic (exact) mass is 189 g/mol. The lowest BCUT2D eigenvalue weighted by molar-refractivity contribution is -0.0802. The molecule has 13 heavy (non-hydrogen) atoms. The van der Waals surface area contributed by atoms with Gasteiger partial charge in [0.05, 0.1) is 12.3 Å². The Morgan fingerprint density at radius 2 is 1.92 bits per heavy atom. The van der Waals surface area contributed by atoms with E-state index in [1.807, 2.05) is 14.0 Å². The van der Waals surface area contributed by atoms with E-state index in [4.69, 9.17) is 9.84 Å². The highest BCUT2D eigenvalue weighted by atomic mass is 16.5. The Kier molecular flexibility index (Phi) is 5.53. The van der Waals surface area contributed by atoms with Crippen molar-refractivity contribution >= 4 is 0 Å². The van der Waals surface area contributed by atoms with Gasteiger partial charge in [-0.15, -0.1) is 0 Å². The minimum Gasteiger partial charge on any atom is -0.396 e. The predicted molar refractivity (Wildman–Crippen MR) is 54.5 cm³/mol. The third kappa shape index (κ3) is 4.07. The molecule has 0 aliphatic rings. The SMILES string of the molecule is CNCOC(C)(C)C(C)C(C)CO. The molecule has 2 N–H and O–H groups in total. The van der Waals surface area contributed by atoms with Crippen LogP contribution in [-0.2, 0) is 4.74 Å². The molecule has 80 valence electrons. The summed E-state index contributed by atoms with van der Waals surface area (Å²) in [5.41, 5.74) is -0.189. The van der Waals surface area contributed by atoms with Crippen molar-refractivity contribution in [2.45, 2.75) is 33.3 Å². The summed E-state index contributed by atoms with van der Waals surface area (Å²) in [6.45, 7) is 9.02. The van der Waals surface area contributed by atoms with Crippen LogP contribution in [0.5, 0.6) is 0 Å². The number of aliphatic hydroxyl groups is 1. The summed E-state index contributed by atoms with van der Waals surface area (Å²) in [7, 11) is 1.86. The van der Waals surface area contributed by atoms with Gasteiger partial charge in [-0.2, -0.15) is 0 Å². The lowest BCUT2D eigenvalue weighted by atomic mass is 9.83. The maximum absolute atomic E-state index is 9.02. The second-order valence-electron chi connectivity index (χ2n) is 4.19. The first-order valence-electron chi connectivity index (χ1n) is 4.85. The number of rotatable bonds is 6. The fourth-order valence-electron chi connectivity index (χ4n) is 1.23. The number of nitrogens with one attached hydrogen (secondary N) is 1. The molecule has 0 spiro atoms. The Morgan fingerprint density at radius 3 is 2.31 bits per heavy atom. The van der Waals surface area contributed by atoms with E-state index in [-0.39, 0.29) is 18.1 Å². The van der Waals surface area contributed by atoms with Crippen molar-refractivity contribution in [3.63, 3.8) is 0 Å². The van der Waals surface area contributed by atoms with Crippen LogP contribution < -0.4 is 5.32 Å². The van der Waals surface area contributed by atoms with E-state index in [2.05, 4.69) is 26.1 Å². The standard InChI is InChI=1S/C10H23NO2/c1-8(6-12)9(2)10(3,4)13-7-11-5/h8-9,11-12H,6-7H2,1-5H3. The summed E-state index contributed by atoms with van der Waals surface area (Å²) in [5, 5.41) is 12.0. The fourth-order valence-corrected chi connectivity index (χ4v) is 1.23. The molecule has 2 atom stereocenters. The zero-order chi connectivity index (χ0) is 10.5. The van der Waals surface area contributed by atoms with Gasteiger partial charge in [0.2, 0.25) is 0 Å². The van der Waals surface area contributed by atoms with Gasteiger partial charge in [0, 0.05) is 6.61 Å². The molecule has 2 unspecified atom stereocenters. The first-order valence-corrected chi connectivity index (χ1v) is 4.85. The van der Waals surface area contributed by atoms with Crippen LogP contribution in [0.25, 0.3) is 0 Å². The highest BCUT2D eigenvalue weighted by molar-refractivity contribution is 4.79. The molecule has 3 nitrogen and oxygen atoms in total. The summed E-state index contributed by atoms with van der Waals surface area (Å²) >= 11 is 0. The van der Waals surface area contributed by atoms with Crippen LogP contribution in [0.1, 0.15) is 27.7 Å². The van der Waals surface area contributed by atoms with Gasteiger partial charge in [0.25, 0.3) is 0 Å². The van der Waals surface area contributed by atoms with Gasteiger partial charge in [-0.25, -0.2) is 0 Å². The van der Waals surface area contributed by atoms with Gasteiger partial charge in [-0.05, 0) is 32.7 Å². The second kappa shape index (κ2) is 5.58. The Morgan fingerprint density at radius 1 is 1.38 bits per heavy atom. The molecule has 0 aliphatic carbocycles. The fraction of sp³-hybridized carbons (Fsp3) is 1.00. The predicted octanol–water partition coefficient (Wildman–Crippen LogP) is 1.22. The van der Waals surface area contributed by atoms with Crippen LogP contribution in [0.4, 0.5) is 0 Å². The van der Waals surface area contributed by atoms with Crippen LogP contribution in [-0.4, -0.2) is 31.1 Å². The smallest absolute Gasteiger partial charge is 0.0970 e. The maximum atomic E-state index is 9.02. The summed E-state index contributed by atoms with van der Waals surface area (Å²) in [6, 6.07) is 0. The van der Waals surface area contributed by atoms with Crippen molar-refractivity contribution in [3.8, 4) is 0 Å². The summed E-state index contributed by atoms with van der Waals surface area (Å²) in [4.78, 5) is 0. The topological polar surface area (TPSA) is 41.5 Å². The average Bonchev–Trinajstić information content (AvgIpc) is 2.12. The molecule has 3 heteroatoms. The molecular formula is C10H23NO2. The Labute approximate surface area is 81.5 Å². The van der Waals surface area contributed by atoms with E-state index in [1.54, 1.807) is 0 Å². The molecule has 0 amide bonds. The molecule has 0 heterocycles. The van der Waals surface area contributed by atoms with Gasteiger partial charge >= 0.3 is 0 Å². The Hall–Kier alpha value is -0.120. The largest absolute Gasteiger partial charge is 0.396 e. The lowest BCUT2D eigenvalue weighted by Gasteiger charge is -2.35. The lowest BCUT2D eigenvalue weighted by Crippen LogP contribution is -2.39. The van der Waals surface area contributed by atoms with Crippen LogP contribution >= 0.6 is 0 Å². The van der Waals surface area contributed by atoms with E-state index < -0.39 is 0 Å². The van der Waals surface area contributed by atoms with E-state index in [0.717, 1.165) is 0 Å². The van der Waals surface area contributed by atoms with Crippen molar-refractivity contribution in [3.05, 3.63) is 0 Å². The molecule has 0 radical (unpaired) electrons. The molecular weight excluding hydrogens is 166 g/mol. The maximum Gasteiger partial charge on any atom is 0.0970 e. The molecule has 0 aliphatic heterocycles. The van der Waals surface area contributed by atoms with Crippen molar-refractivity contribution in [2.24, 2.45) is 11.8 Å². The van der Waals surface area contributed by atoms with Gasteiger partial charge in [-0.3, -0.25) is 5.32 Å². The zero-order valence-corrected chi connectivity index (χ0v) is 9.42. The third-order valence-electron chi connectivity index (χ3n) is 2.83. The Bertz CT molecular complexity index is 137. The van der Waals surface area contributed by atoms with E-state index >= 15 is 0 Å². The average molecular weight is 189 g/mol. The first kappa shape index (κ1) is 12.9. The molecule has 0 fully saturated rings. The normalized spacial score (nSPS) is 17.1. The summed E-state index contributed by atoms with van der Waals surface area (Å²) in [5.74, 6) is 0.609. The van der Waals surface area contributed by atoms with Crippen LogP contribution in [0, 0.1) is 11.8 Å². The van der Waals surface area contributed by atoms with Gasteiger partial charge in [0.15, 0.2) is 0 Å². The quantitative estimate of drug-likeness (QED) is 0.617. The van der Waals surface area contributed by atoms with Crippen molar-refractivity contribution in [2.75, 3.05) is 20.4 Å². The second-order valence-corrected chi connectivity index (χ2v) is 4.19. The number of hydrogen-bond acceptors (Lipinski definition) is 3. The van der Waals surface area contributed by atoms with E-state index in [9.17, 15) is 0 Å². The van der Waals surface area contributed by atoms with Gasteiger partial charge < -0.3 is 9.84 Å². The molecule has 0 saturated carbocycles. The third-order valence-corrected chi connectivity index (χ3v) is 2.83. The van der Waals surface area contributed by atoms with Gasteiger partial charge in [-0.1, -0.05) is 13.8 Å². The minimum absolute atomic E-state index is 0.189. The summed E-state index contributed by atoms with van der Waals surface area (Å²) < 4.78 is 5.64. The number of aliphatic hydroxyl groups excluding tert-OH is 1. The molecule has 0 rings (SSSR count). The van der Waals surface area contributed by atoms with Crippen LogP contribution in [0.2, 0.25) is 0 Å².